The molecule has 1 N–H and O–H groups in total. The topological polar surface area (TPSA) is 32.3 Å². The molecule has 2 aromatic rings. The van der Waals surface area contributed by atoms with Crippen LogP contribution in [-0.4, -0.2) is 31.4 Å². The fourth-order valence-corrected chi connectivity index (χ4v) is 2.74. The number of likely N-dealkylation sites (N-methyl/N-ethyl adjacent to an activating group) is 1. The zero-order chi connectivity index (χ0) is 16.7. The van der Waals surface area contributed by atoms with Gasteiger partial charge < -0.3 is 10.2 Å². The summed E-state index contributed by atoms with van der Waals surface area (Å²) in [5.41, 5.74) is 2.28. The number of amides is 1. The largest absolute Gasteiger partial charge is 0.354 e. The Morgan fingerprint density at radius 2 is 1.87 bits per heavy atom. The summed E-state index contributed by atoms with van der Waals surface area (Å²) >= 11 is 5.96. The molecule has 1 atom stereocenters. The van der Waals surface area contributed by atoms with Gasteiger partial charge in [0.15, 0.2) is 0 Å². The van der Waals surface area contributed by atoms with Gasteiger partial charge in [-0.25, -0.2) is 0 Å². The number of hydrogen-bond acceptors (Lipinski definition) is 2. The standard InChI is InChI=1S/C19H23ClN2O/c1-22(2)18(16-8-4-3-5-9-16)14-21-19(23)12-11-15-7-6-10-17(20)13-15/h3-10,13,18H,11-12,14H2,1-2H3,(H,21,23). The van der Waals surface area contributed by atoms with Crippen LogP contribution in [0.4, 0.5) is 0 Å². The van der Waals surface area contributed by atoms with E-state index in [2.05, 4.69) is 22.3 Å². The second-order valence-corrected chi connectivity index (χ2v) is 6.26. The van der Waals surface area contributed by atoms with E-state index in [0.717, 1.165) is 5.56 Å². The van der Waals surface area contributed by atoms with Crippen LogP contribution in [0.25, 0.3) is 0 Å². The Morgan fingerprint density at radius 1 is 1.13 bits per heavy atom. The van der Waals surface area contributed by atoms with Crippen LogP contribution < -0.4 is 5.32 Å². The van der Waals surface area contributed by atoms with Gasteiger partial charge in [-0.15, -0.1) is 0 Å². The van der Waals surface area contributed by atoms with E-state index in [0.29, 0.717) is 24.4 Å². The number of nitrogens with one attached hydrogen (secondary N) is 1. The fraction of sp³-hybridized carbons (Fsp3) is 0.316. The lowest BCUT2D eigenvalue weighted by Crippen LogP contribution is -2.34. The van der Waals surface area contributed by atoms with Crippen molar-refractivity contribution in [1.29, 1.82) is 0 Å². The van der Waals surface area contributed by atoms with E-state index in [4.69, 9.17) is 11.6 Å². The molecule has 0 aliphatic heterocycles. The summed E-state index contributed by atoms with van der Waals surface area (Å²) in [6.07, 6.45) is 1.17. The Labute approximate surface area is 143 Å². The molecule has 3 nitrogen and oxygen atoms in total. The first-order valence-electron chi connectivity index (χ1n) is 7.79. The Hall–Kier alpha value is -1.84. The van der Waals surface area contributed by atoms with Gasteiger partial charge in [-0.1, -0.05) is 54.1 Å². The van der Waals surface area contributed by atoms with Crippen LogP contribution in [0.2, 0.25) is 5.02 Å². The Morgan fingerprint density at radius 3 is 2.52 bits per heavy atom. The van der Waals surface area contributed by atoms with Crippen molar-refractivity contribution in [3.63, 3.8) is 0 Å². The maximum Gasteiger partial charge on any atom is 0.220 e. The predicted molar refractivity (Wildman–Crippen MR) is 95.7 cm³/mol. The van der Waals surface area contributed by atoms with Gasteiger partial charge in [0, 0.05) is 18.0 Å². The van der Waals surface area contributed by atoms with Crippen molar-refractivity contribution in [2.24, 2.45) is 0 Å². The molecular weight excluding hydrogens is 308 g/mol. The average molecular weight is 331 g/mol. The highest BCUT2D eigenvalue weighted by atomic mass is 35.5. The number of rotatable bonds is 7. The molecule has 0 aromatic heterocycles. The van der Waals surface area contributed by atoms with Gasteiger partial charge in [0.25, 0.3) is 0 Å². The SMILES string of the molecule is CN(C)C(CNC(=O)CCc1cccc(Cl)c1)c1ccccc1. The molecule has 2 rings (SSSR count). The summed E-state index contributed by atoms with van der Waals surface area (Å²) < 4.78 is 0. The third-order valence-corrected chi connectivity index (χ3v) is 4.07. The lowest BCUT2D eigenvalue weighted by Gasteiger charge is -2.25. The summed E-state index contributed by atoms with van der Waals surface area (Å²) in [5, 5.41) is 3.74. The predicted octanol–water partition coefficient (Wildman–Crippen LogP) is 3.69. The zero-order valence-electron chi connectivity index (χ0n) is 13.6. The zero-order valence-corrected chi connectivity index (χ0v) is 14.4. The first kappa shape index (κ1) is 17.5. The lowest BCUT2D eigenvalue weighted by atomic mass is 10.1. The van der Waals surface area contributed by atoms with E-state index < -0.39 is 0 Å². The van der Waals surface area contributed by atoms with Crippen molar-refractivity contribution in [3.05, 3.63) is 70.7 Å². The summed E-state index contributed by atoms with van der Waals surface area (Å²) in [4.78, 5) is 14.2. The average Bonchev–Trinajstić information content (AvgIpc) is 2.54. The van der Waals surface area contributed by atoms with Crippen molar-refractivity contribution >= 4 is 17.5 Å². The quantitative estimate of drug-likeness (QED) is 0.839. The van der Waals surface area contributed by atoms with E-state index in [-0.39, 0.29) is 11.9 Å². The highest BCUT2D eigenvalue weighted by molar-refractivity contribution is 6.30. The maximum absolute atomic E-state index is 12.1. The number of aryl methyl sites for hydroxylation is 1. The Bertz CT molecular complexity index is 628. The Balaban J connectivity index is 1.85. The van der Waals surface area contributed by atoms with E-state index in [1.165, 1.54) is 5.56 Å². The molecule has 1 amide bonds. The van der Waals surface area contributed by atoms with E-state index >= 15 is 0 Å². The highest BCUT2D eigenvalue weighted by Gasteiger charge is 2.14. The van der Waals surface area contributed by atoms with Crippen LogP contribution in [-0.2, 0) is 11.2 Å². The Kier molecular flexibility index (Phi) is 6.63. The van der Waals surface area contributed by atoms with Crippen LogP contribution >= 0.6 is 11.6 Å². The van der Waals surface area contributed by atoms with Gasteiger partial charge in [-0.2, -0.15) is 0 Å². The monoisotopic (exact) mass is 330 g/mol. The molecule has 4 heteroatoms. The van der Waals surface area contributed by atoms with Gasteiger partial charge in [-0.05, 0) is 43.8 Å². The molecule has 0 saturated carbocycles. The van der Waals surface area contributed by atoms with Crippen molar-refractivity contribution in [2.45, 2.75) is 18.9 Å². The molecule has 0 fully saturated rings. The molecule has 0 radical (unpaired) electrons. The number of nitrogens with zero attached hydrogens (tertiary/aromatic N) is 1. The first-order valence-corrected chi connectivity index (χ1v) is 8.16. The molecule has 1 unspecified atom stereocenters. The van der Waals surface area contributed by atoms with Gasteiger partial charge in [0.05, 0.1) is 6.04 Å². The molecule has 0 bridgehead atoms. The molecular formula is C19H23ClN2O. The van der Waals surface area contributed by atoms with Gasteiger partial charge in [0.2, 0.25) is 5.91 Å². The van der Waals surface area contributed by atoms with Crippen molar-refractivity contribution in [2.75, 3.05) is 20.6 Å². The fourth-order valence-electron chi connectivity index (χ4n) is 2.52. The maximum atomic E-state index is 12.1. The molecule has 0 saturated heterocycles. The van der Waals surface area contributed by atoms with Gasteiger partial charge in [0.1, 0.15) is 0 Å². The van der Waals surface area contributed by atoms with Crippen molar-refractivity contribution < 1.29 is 4.79 Å². The molecule has 0 heterocycles. The number of benzene rings is 2. The van der Waals surface area contributed by atoms with Crippen LogP contribution in [0.5, 0.6) is 0 Å². The summed E-state index contributed by atoms with van der Waals surface area (Å²) in [5.74, 6) is 0.0627. The first-order chi connectivity index (χ1) is 11.1. The second-order valence-electron chi connectivity index (χ2n) is 5.82. The number of halogens is 1. The third kappa shape index (κ3) is 5.70. The smallest absolute Gasteiger partial charge is 0.220 e. The minimum Gasteiger partial charge on any atom is -0.354 e. The number of carbonyl (C=O) groups excluding carboxylic acids is 1. The van der Waals surface area contributed by atoms with Crippen molar-refractivity contribution in [1.82, 2.24) is 10.2 Å². The minimum atomic E-state index is 0.0627. The second kappa shape index (κ2) is 8.70. The number of hydrogen-bond donors (Lipinski definition) is 1. The highest BCUT2D eigenvalue weighted by Crippen LogP contribution is 2.17. The van der Waals surface area contributed by atoms with Crippen molar-refractivity contribution in [3.8, 4) is 0 Å². The summed E-state index contributed by atoms with van der Waals surface area (Å²) in [6.45, 7) is 0.603. The van der Waals surface area contributed by atoms with Gasteiger partial charge in [-0.3, -0.25) is 4.79 Å². The minimum absolute atomic E-state index is 0.0627. The van der Waals surface area contributed by atoms with Crippen LogP contribution in [0.15, 0.2) is 54.6 Å². The normalized spacial score (nSPS) is 12.2. The van der Waals surface area contributed by atoms with E-state index in [9.17, 15) is 4.79 Å². The van der Waals surface area contributed by atoms with Crippen LogP contribution in [0, 0.1) is 0 Å². The molecule has 0 aliphatic rings. The number of carbonyl (C=O) groups is 1. The summed E-state index contributed by atoms with van der Waals surface area (Å²) in [6, 6.07) is 18.0. The van der Waals surface area contributed by atoms with Crippen LogP contribution in [0.1, 0.15) is 23.6 Å². The van der Waals surface area contributed by atoms with Gasteiger partial charge >= 0.3 is 0 Å². The summed E-state index contributed by atoms with van der Waals surface area (Å²) in [7, 11) is 4.05. The molecule has 0 spiro atoms. The van der Waals surface area contributed by atoms with E-state index in [1.807, 2.05) is 56.6 Å². The molecule has 2 aromatic carbocycles. The van der Waals surface area contributed by atoms with E-state index in [1.54, 1.807) is 0 Å². The lowest BCUT2D eigenvalue weighted by molar-refractivity contribution is -0.121. The molecule has 23 heavy (non-hydrogen) atoms. The molecule has 0 aliphatic carbocycles. The third-order valence-electron chi connectivity index (χ3n) is 3.83. The van der Waals surface area contributed by atoms with Crippen LogP contribution in [0.3, 0.4) is 0 Å². The molecule has 122 valence electrons.